The van der Waals surface area contributed by atoms with Crippen molar-refractivity contribution in [2.75, 3.05) is 0 Å². The lowest BCUT2D eigenvalue weighted by atomic mass is 9.95. The first kappa shape index (κ1) is 12.6. The summed E-state index contributed by atoms with van der Waals surface area (Å²) in [5, 5.41) is 0. The maximum absolute atomic E-state index is 12.7. The molecule has 0 aliphatic heterocycles. The standard InChI is InChI=1S/C12H17BrFN/c1-3-5-11(13)10(4-2)12-7-6-9(14)8-15-12/h6-8,10-11H,3-5H2,1-2H3. The molecule has 1 nitrogen and oxygen atoms in total. The molecular weight excluding hydrogens is 257 g/mol. The number of halogens is 2. The molecule has 1 heterocycles. The van der Waals surface area contributed by atoms with Crippen molar-refractivity contribution in [3.05, 3.63) is 29.8 Å². The number of aromatic nitrogens is 1. The van der Waals surface area contributed by atoms with Crippen molar-refractivity contribution in [3.63, 3.8) is 0 Å². The van der Waals surface area contributed by atoms with Gasteiger partial charge in [0.25, 0.3) is 0 Å². The molecule has 2 unspecified atom stereocenters. The molecule has 0 bridgehead atoms. The third-order valence-electron chi connectivity index (χ3n) is 2.57. The lowest BCUT2D eigenvalue weighted by molar-refractivity contribution is 0.570. The molecule has 0 spiro atoms. The topological polar surface area (TPSA) is 12.9 Å². The van der Waals surface area contributed by atoms with Gasteiger partial charge in [-0.15, -0.1) is 0 Å². The van der Waals surface area contributed by atoms with E-state index in [-0.39, 0.29) is 5.82 Å². The second-order valence-corrected chi connectivity index (χ2v) is 4.90. The van der Waals surface area contributed by atoms with Gasteiger partial charge in [-0.05, 0) is 25.0 Å². The third kappa shape index (κ3) is 3.56. The molecule has 0 aromatic carbocycles. The molecule has 0 radical (unpaired) electrons. The largest absolute Gasteiger partial charge is 0.258 e. The van der Waals surface area contributed by atoms with E-state index in [9.17, 15) is 4.39 Å². The van der Waals surface area contributed by atoms with Crippen LogP contribution in [0.5, 0.6) is 0 Å². The van der Waals surface area contributed by atoms with E-state index < -0.39 is 0 Å². The first-order valence-corrected chi connectivity index (χ1v) is 6.36. The molecule has 0 saturated heterocycles. The minimum atomic E-state index is -0.268. The molecule has 0 N–H and O–H groups in total. The summed E-state index contributed by atoms with van der Waals surface area (Å²) < 4.78 is 12.7. The fourth-order valence-corrected chi connectivity index (χ4v) is 2.84. The maximum atomic E-state index is 12.7. The van der Waals surface area contributed by atoms with Gasteiger partial charge in [-0.25, -0.2) is 4.39 Å². The summed E-state index contributed by atoms with van der Waals surface area (Å²) in [5.41, 5.74) is 0.981. The van der Waals surface area contributed by atoms with Gasteiger partial charge in [0.1, 0.15) is 5.82 Å². The fourth-order valence-electron chi connectivity index (χ4n) is 1.73. The smallest absolute Gasteiger partial charge is 0.141 e. The van der Waals surface area contributed by atoms with E-state index in [1.165, 1.54) is 12.3 Å². The Morgan fingerprint density at radius 1 is 1.40 bits per heavy atom. The Bertz CT molecular complexity index is 286. The Morgan fingerprint density at radius 2 is 2.13 bits per heavy atom. The summed E-state index contributed by atoms with van der Waals surface area (Å²) in [5.74, 6) is 0.112. The molecule has 0 amide bonds. The number of pyridine rings is 1. The average Bonchev–Trinajstić information content (AvgIpc) is 2.22. The van der Waals surface area contributed by atoms with Crippen molar-refractivity contribution in [3.8, 4) is 0 Å². The van der Waals surface area contributed by atoms with Crippen LogP contribution in [0.3, 0.4) is 0 Å². The van der Waals surface area contributed by atoms with E-state index >= 15 is 0 Å². The van der Waals surface area contributed by atoms with Crippen molar-refractivity contribution < 1.29 is 4.39 Å². The monoisotopic (exact) mass is 273 g/mol. The normalized spacial score (nSPS) is 14.9. The summed E-state index contributed by atoms with van der Waals surface area (Å²) >= 11 is 3.69. The van der Waals surface area contributed by atoms with Crippen LogP contribution < -0.4 is 0 Å². The van der Waals surface area contributed by atoms with Gasteiger partial charge in [-0.1, -0.05) is 36.2 Å². The molecular formula is C12H17BrFN. The molecule has 2 atom stereocenters. The molecule has 84 valence electrons. The van der Waals surface area contributed by atoms with Crippen molar-refractivity contribution in [2.24, 2.45) is 0 Å². The fraction of sp³-hybridized carbons (Fsp3) is 0.583. The van der Waals surface area contributed by atoms with Crippen LogP contribution in [0, 0.1) is 5.82 Å². The first-order chi connectivity index (χ1) is 7.19. The Labute approximate surface area is 99.2 Å². The number of alkyl halides is 1. The summed E-state index contributed by atoms with van der Waals surface area (Å²) in [6.45, 7) is 4.30. The highest BCUT2D eigenvalue weighted by Gasteiger charge is 2.19. The van der Waals surface area contributed by atoms with Crippen LogP contribution in [0.2, 0.25) is 0 Å². The summed E-state index contributed by atoms with van der Waals surface area (Å²) in [4.78, 5) is 4.58. The first-order valence-electron chi connectivity index (χ1n) is 5.44. The van der Waals surface area contributed by atoms with Gasteiger partial charge in [-0.3, -0.25) is 4.98 Å². The zero-order valence-electron chi connectivity index (χ0n) is 9.21. The Balaban J connectivity index is 2.77. The Kier molecular flexibility index (Phi) is 5.23. The highest BCUT2D eigenvalue weighted by atomic mass is 79.9. The van der Waals surface area contributed by atoms with E-state index in [4.69, 9.17) is 0 Å². The summed E-state index contributed by atoms with van der Waals surface area (Å²) in [7, 11) is 0. The molecule has 0 fully saturated rings. The number of rotatable bonds is 5. The van der Waals surface area contributed by atoms with Crippen molar-refractivity contribution in [2.45, 2.75) is 43.9 Å². The maximum Gasteiger partial charge on any atom is 0.141 e. The molecule has 0 aliphatic rings. The number of hydrogen-bond donors (Lipinski definition) is 0. The van der Waals surface area contributed by atoms with Crippen molar-refractivity contribution in [1.82, 2.24) is 4.98 Å². The van der Waals surface area contributed by atoms with Crippen LogP contribution in [-0.4, -0.2) is 9.81 Å². The minimum absolute atomic E-state index is 0.268. The van der Waals surface area contributed by atoms with Gasteiger partial charge < -0.3 is 0 Å². The average molecular weight is 274 g/mol. The molecule has 1 rings (SSSR count). The van der Waals surface area contributed by atoms with Crippen LogP contribution in [0.4, 0.5) is 4.39 Å². The molecule has 3 heteroatoms. The van der Waals surface area contributed by atoms with E-state index in [0.717, 1.165) is 25.0 Å². The third-order valence-corrected chi connectivity index (χ3v) is 3.67. The number of hydrogen-bond acceptors (Lipinski definition) is 1. The molecule has 0 saturated carbocycles. The predicted octanol–water partition coefficient (Wildman–Crippen LogP) is 4.28. The molecule has 0 aliphatic carbocycles. The van der Waals surface area contributed by atoms with Crippen LogP contribution in [0.1, 0.15) is 44.7 Å². The van der Waals surface area contributed by atoms with Crippen LogP contribution >= 0.6 is 15.9 Å². The zero-order valence-corrected chi connectivity index (χ0v) is 10.8. The highest BCUT2D eigenvalue weighted by molar-refractivity contribution is 9.09. The minimum Gasteiger partial charge on any atom is -0.258 e. The van der Waals surface area contributed by atoms with Gasteiger partial charge in [0.2, 0.25) is 0 Å². The Hall–Kier alpha value is -0.440. The lowest BCUT2D eigenvalue weighted by Crippen LogP contribution is -2.13. The van der Waals surface area contributed by atoms with Crippen LogP contribution in [0.25, 0.3) is 0 Å². The molecule has 15 heavy (non-hydrogen) atoms. The van der Waals surface area contributed by atoms with Gasteiger partial charge in [0.05, 0.1) is 6.20 Å². The van der Waals surface area contributed by atoms with E-state index in [1.54, 1.807) is 6.07 Å². The number of nitrogens with zero attached hydrogens (tertiary/aromatic N) is 1. The second-order valence-electron chi connectivity index (χ2n) is 3.72. The second kappa shape index (κ2) is 6.21. The highest BCUT2D eigenvalue weighted by Crippen LogP contribution is 2.29. The van der Waals surface area contributed by atoms with E-state index in [2.05, 4.69) is 34.8 Å². The summed E-state index contributed by atoms with van der Waals surface area (Å²) in [6.07, 6.45) is 4.59. The van der Waals surface area contributed by atoms with Gasteiger partial charge in [0.15, 0.2) is 0 Å². The summed E-state index contributed by atoms with van der Waals surface area (Å²) in [6, 6.07) is 3.27. The van der Waals surface area contributed by atoms with Crippen molar-refractivity contribution >= 4 is 15.9 Å². The van der Waals surface area contributed by atoms with Gasteiger partial charge in [-0.2, -0.15) is 0 Å². The Morgan fingerprint density at radius 3 is 2.60 bits per heavy atom. The van der Waals surface area contributed by atoms with Gasteiger partial charge >= 0.3 is 0 Å². The SMILES string of the molecule is CCCC(Br)C(CC)c1ccc(F)cn1. The van der Waals surface area contributed by atoms with Crippen LogP contribution in [-0.2, 0) is 0 Å². The van der Waals surface area contributed by atoms with Crippen molar-refractivity contribution in [1.29, 1.82) is 0 Å². The van der Waals surface area contributed by atoms with E-state index in [0.29, 0.717) is 10.7 Å². The molecule has 1 aromatic rings. The van der Waals surface area contributed by atoms with Gasteiger partial charge in [0, 0.05) is 16.4 Å². The van der Waals surface area contributed by atoms with Crippen LogP contribution in [0.15, 0.2) is 18.3 Å². The zero-order chi connectivity index (χ0) is 11.3. The quantitative estimate of drug-likeness (QED) is 0.730. The predicted molar refractivity (Wildman–Crippen MR) is 64.9 cm³/mol. The molecule has 1 aromatic heterocycles. The lowest BCUT2D eigenvalue weighted by Gasteiger charge is -2.20. The van der Waals surface area contributed by atoms with E-state index in [1.807, 2.05) is 0 Å².